The van der Waals surface area contributed by atoms with Crippen LogP contribution in [0, 0.1) is 13.8 Å². The molecule has 0 saturated carbocycles. The molecule has 0 radical (unpaired) electrons. The fourth-order valence-electron chi connectivity index (χ4n) is 1.80. The van der Waals surface area contributed by atoms with Crippen LogP contribution >= 0.6 is 0 Å². The monoisotopic (exact) mass is 288 g/mol. The van der Waals surface area contributed by atoms with E-state index in [0.717, 1.165) is 11.4 Å². The topological polar surface area (TPSA) is 78.4 Å². The molecule has 0 saturated heterocycles. The molecule has 0 bridgehead atoms. The molecule has 110 valence electrons. The van der Waals surface area contributed by atoms with Crippen molar-refractivity contribution in [1.82, 2.24) is 9.97 Å². The molecule has 1 aromatic carbocycles. The van der Waals surface area contributed by atoms with Crippen molar-refractivity contribution in [1.29, 1.82) is 0 Å². The van der Waals surface area contributed by atoms with E-state index in [-0.39, 0.29) is 0 Å². The van der Waals surface area contributed by atoms with Gasteiger partial charge in [-0.3, -0.25) is 0 Å². The first kappa shape index (κ1) is 14.9. The van der Waals surface area contributed by atoms with Crippen LogP contribution in [-0.4, -0.2) is 35.1 Å². The second-order valence-corrected chi connectivity index (χ2v) is 4.67. The number of fused-ring (bicyclic) bond motifs is 1. The normalized spacial score (nSPS) is 12.0. The molecule has 0 N–H and O–H groups in total. The van der Waals surface area contributed by atoms with Crippen molar-refractivity contribution in [2.24, 2.45) is 0 Å². The number of hydrogen-bond donors (Lipinski definition) is 0. The predicted molar refractivity (Wildman–Crippen MR) is 75.9 cm³/mol. The lowest BCUT2D eigenvalue weighted by Crippen LogP contribution is -2.25. The predicted octanol–water partition coefficient (Wildman–Crippen LogP) is 1.96. The van der Waals surface area contributed by atoms with E-state index in [1.54, 1.807) is 18.2 Å². The second kappa shape index (κ2) is 5.87. The summed E-state index contributed by atoms with van der Waals surface area (Å²) in [6.07, 6.45) is -0.955. The van der Waals surface area contributed by atoms with Gasteiger partial charge in [-0.05, 0) is 39.0 Å². The first-order valence-electron chi connectivity index (χ1n) is 6.46. The lowest BCUT2D eigenvalue weighted by molar-refractivity contribution is -0.149. The van der Waals surface area contributed by atoms with Gasteiger partial charge in [0, 0.05) is 0 Å². The fraction of sp³-hybridized carbons (Fsp3) is 0.333. The number of esters is 2. The van der Waals surface area contributed by atoms with Crippen LogP contribution in [0.5, 0.6) is 0 Å². The van der Waals surface area contributed by atoms with Crippen LogP contribution < -0.4 is 0 Å². The molecule has 1 heterocycles. The molecule has 6 nitrogen and oxygen atoms in total. The number of methoxy groups -OCH3 is 1. The summed E-state index contributed by atoms with van der Waals surface area (Å²) in [5.74, 6) is -1.20. The quantitative estimate of drug-likeness (QED) is 0.803. The number of hydrogen-bond acceptors (Lipinski definition) is 6. The van der Waals surface area contributed by atoms with Crippen LogP contribution in [-0.2, 0) is 14.3 Å². The van der Waals surface area contributed by atoms with E-state index in [1.807, 2.05) is 13.8 Å². The fourth-order valence-corrected chi connectivity index (χ4v) is 1.80. The minimum absolute atomic E-state index is 0.316. The Morgan fingerprint density at radius 1 is 1.10 bits per heavy atom. The van der Waals surface area contributed by atoms with Crippen molar-refractivity contribution in [3.63, 3.8) is 0 Å². The van der Waals surface area contributed by atoms with Crippen molar-refractivity contribution >= 4 is 23.0 Å². The minimum Gasteiger partial charge on any atom is -0.466 e. The van der Waals surface area contributed by atoms with E-state index in [4.69, 9.17) is 4.74 Å². The van der Waals surface area contributed by atoms with Gasteiger partial charge in [0.15, 0.2) is 6.10 Å². The van der Waals surface area contributed by atoms with Crippen LogP contribution in [0.15, 0.2) is 18.2 Å². The van der Waals surface area contributed by atoms with Crippen molar-refractivity contribution in [2.45, 2.75) is 26.9 Å². The molecule has 0 fully saturated rings. The Hall–Kier alpha value is -2.50. The first-order valence-corrected chi connectivity index (χ1v) is 6.46. The van der Waals surface area contributed by atoms with E-state index in [0.29, 0.717) is 16.6 Å². The summed E-state index contributed by atoms with van der Waals surface area (Å²) in [4.78, 5) is 32.0. The summed E-state index contributed by atoms with van der Waals surface area (Å²) in [7, 11) is 1.24. The number of aromatic nitrogens is 2. The van der Waals surface area contributed by atoms with Crippen LogP contribution in [0.25, 0.3) is 11.0 Å². The molecule has 0 amide bonds. The largest absolute Gasteiger partial charge is 0.466 e. The Kier molecular flexibility index (Phi) is 4.16. The third-order valence-electron chi connectivity index (χ3n) is 3.13. The number of ether oxygens (including phenoxy) is 2. The Morgan fingerprint density at radius 2 is 1.71 bits per heavy atom. The Balaban J connectivity index is 2.28. The molecule has 1 atom stereocenters. The maximum atomic E-state index is 12.0. The highest BCUT2D eigenvalue weighted by atomic mass is 16.6. The first-order chi connectivity index (χ1) is 9.92. The smallest absolute Gasteiger partial charge is 0.346 e. The summed E-state index contributed by atoms with van der Waals surface area (Å²) in [6.45, 7) is 5.19. The zero-order chi connectivity index (χ0) is 15.6. The Morgan fingerprint density at radius 3 is 2.33 bits per heavy atom. The number of aryl methyl sites for hydroxylation is 2. The summed E-state index contributed by atoms with van der Waals surface area (Å²) in [5.41, 5.74) is 3.28. The average molecular weight is 288 g/mol. The number of carbonyl (C=O) groups excluding carboxylic acids is 2. The molecule has 21 heavy (non-hydrogen) atoms. The van der Waals surface area contributed by atoms with Crippen molar-refractivity contribution in [3.05, 3.63) is 35.2 Å². The van der Waals surface area contributed by atoms with Gasteiger partial charge in [-0.2, -0.15) is 0 Å². The Bertz CT molecular complexity index is 712. The van der Waals surface area contributed by atoms with E-state index in [1.165, 1.54) is 14.0 Å². The van der Waals surface area contributed by atoms with E-state index in [2.05, 4.69) is 14.7 Å². The van der Waals surface area contributed by atoms with Gasteiger partial charge in [-0.1, -0.05) is 0 Å². The number of nitrogens with zero attached hydrogens (tertiary/aromatic N) is 2. The van der Waals surface area contributed by atoms with E-state index in [9.17, 15) is 9.59 Å². The number of carbonyl (C=O) groups is 2. The van der Waals surface area contributed by atoms with E-state index < -0.39 is 18.0 Å². The standard InChI is InChI=1S/C15H16N2O4/c1-8-9(2)17-13-7-11(5-6-12(13)16-8)15(19)21-10(3)14(18)20-4/h5-7,10H,1-4H3/t10-/m0/s1. The lowest BCUT2D eigenvalue weighted by Gasteiger charge is -2.11. The van der Waals surface area contributed by atoms with Gasteiger partial charge in [0.2, 0.25) is 0 Å². The zero-order valence-corrected chi connectivity index (χ0v) is 12.3. The molecule has 0 aliphatic rings. The number of benzene rings is 1. The SMILES string of the molecule is COC(=O)[C@H](C)OC(=O)c1ccc2nc(C)c(C)nc2c1. The third-order valence-corrected chi connectivity index (χ3v) is 3.13. The minimum atomic E-state index is -0.955. The van der Waals surface area contributed by atoms with Gasteiger partial charge in [-0.15, -0.1) is 0 Å². The molecule has 1 aromatic heterocycles. The highest BCUT2D eigenvalue weighted by Gasteiger charge is 2.19. The zero-order valence-electron chi connectivity index (χ0n) is 12.3. The maximum Gasteiger partial charge on any atom is 0.346 e. The molecule has 0 aliphatic carbocycles. The van der Waals surface area contributed by atoms with Gasteiger partial charge in [0.25, 0.3) is 0 Å². The van der Waals surface area contributed by atoms with Crippen LogP contribution in [0.1, 0.15) is 28.7 Å². The summed E-state index contributed by atoms with van der Waals surface area (Å²) >= 11 is 0. The van der Waals surface area contributed by atoms with E-state index >= 15 is 0 Å². The molecule has 0 unspecified atom stereocenters. The van der Waals surface area contributed by atoms with Crippen molar-refractivity contribution in [2.75, 3.05) is 7.11 Å². The van der Waals surface area contributed by atoms with Crippen LogP contribution in [0.2, 0.25) is 0 Å². The van der Waals surface area contributed by atoms with Crippen LogP contribution in [0.4, 0.5) is 0 Å². The highest BCUT2D eigenvalue weighted by Crippen LogP contribution is 2.15. The summed E-state index contributed by atoms with van der Waals surface area (Å²) in [6, 6.07) is 4.90. The van der Waals surface area contributed by atoms with Crippen LogP contribution in [0.3, 0.4) is 0 Å². The van der Waals surface area contributed by atoms with Gasteiger partial charge in [0.1, 0.15) is 0 Å². The molecule has 0 aliphatic heterocycles. The molecule has 2 rings (SSSR count). The summed E-state index contributed by atoms with van der Waals surface area (Å²) < 4.78 is 9.54. The van der Waals surface area contributed by atoms with Crippen molar-refractivity contribution < 1.29 is 19.1 Å². The van der Waals surface area contributed by atoms with Gasteiger partial charge >= 0.3 is 11.9 Å². The molecular formula is C15H16N2O4. The number of rotatable bonds is 3. The molecular weight excluding hydrogens is 272 g/mol. The third kappa shape index (κ3) is 3.16. The molecule has 6 heteroatoms. The van der Waals surface area contributed by atoms with Gasteiger partial charge in [-0.25, -0.2) is 19.6 Å². The Labute approximate surface area is 122 Å². The maximum absolute atomic E-state index is 12.0. The second-order valence-electron chi connectivity index (χ2n) is 4.67. The van der Waals surface area contributed by atoms with Gasteiger partial charge in [0.05, 0.1) is 35.1 Å². The molecule has 2 aromatic rings. The molecule has 0 spiro atoms. The summed E-state index contributed by atoms with van der Waals surface area (Å²) in [5, 5.41) is 0. The lowest BCUT2D eigenvalue weighted by atomic mass is 10.2. The van der Waals surface area contributed by atoms with Crippen molar-refractivity contribution in [3.8, 4) is 0 Å². The average Bonchev–Trinajstić information content (AvgIpc) is 2.46. The van der Waals surface area contributed by atoms with Gasteiger partial charge < -0.3 is 9.47 Å². The highest BCUT2D eigenvalue weighted by molar-refractivity contribution is 5.94.